The van der Waals surface area contributed by atoms with Crippen LogP contribution in [0.1, 0.15) is 36.9 Å². The monoisotopic (exact) mass is 470 g/mol. The molecule has 7 heteroatoms. The number of carbonyl (C=O) groups is 1. The summed E-state index contributed by atoms with van der Waals surface area (Å²) in [5.41, 5.74) is 5.10. The van der Waals surface area contributed by atoms with Crippen molar-refractivity contribution in [3.8, 4) is 11.4 Å². The molecule has 4 aromatic rings. The molecule has 3 aromatic carbocycles. The van der Waals surface area contributed by atoms with Crippen LogP contribution in [0.4, 0.5) is 10.5 Å². The number of nitrogens with one attached hydrogen (secondary N) is 1. The molecule has 170 valence electrons. The number of halogens is 1. The summed E-state index contributed by atoms with van der Waals surface area (Å²) < 4.78 is 5.76. The van der Waals surface area contributed by atoms with Gasteiger partial charge in [-0.1, -0.05) is 78.3 Å². The molecular formula is C27H23ClN4O2. The second-order valence-electron chi connectivity index (χ2n) is 8.08. The summed E-state index contributed by atoms with van der Waals surface area (Å²) in [6.07, 6.45) is 0.959. The zero-order valence-corrected chi connectivity index (χ0v) is 19.6. The van der Waals surface area contributed by atoms with Crippen molar-refractivity contribution in [2.24, 2.45) is 0 Å². The Morgan fingerprint density at radius 1 is 1.03 bits per heavy atom. The molecule has 5 rings (SSSR count). The van der Waals surface area contributed by atoms with Gasteiger partial charge in [0.1, 0.15) is 0 Å². The van der Waals surface area contributed by atoms with Crippen LogP contribution in [0.15, 0.2) is 89.1 Å². The molecule has 6 nitrogen and oxygen atoms in total. The summed E-state index contributed by atoms with van der Waals surface area (Å²) in [6.45, 7) is 4.00. The van der Waals surface area contributed by atoms with Gasteiger partial charge >= 0.3 is 6.03 Å². The smallest absolute Gasteiger partial charge is 0.326 e. The van der Waals surface area contributed by atoms with E-state index in [2.05, 4.69) is 29.5 Å². The van der Waals surface area contributed by atoms with E-state index in [1.165, 1.54) is 5.56 Å². The summed E-state index contributed by atoms with van der Waals surface area (Å²) in [7, 11) is 0. The first kappa shape index (κ1) is 21.9. The van der Waals surface area contributed by atoms with Crippen molar-refractivity contribution in [3.63, 3.8) is 0 Å². The number of anilines is 1. The predicted octanol–water partition coefficient (Wildman–Crippen LogP) is 6.65. The Morgan fingerprint density at radius 3 is 2.50 bits per heavy atom. The Labute approximate surface area is 202 Å². The van der Waals surface area contributed by atoms with Gasteiger partial charge in [0.05, 0.1) is 17.3 Å². The Balaban J connectivity index is 1.63. The number of hydrogen-bond acceptors (Lipinski definition) is 4. The number of rotatable bonds is 5. The maximum Gasteiger partial charge on any atom is 0.326 e. The van der Waals surface area contributed by atoms with Crippen molar-refractivity contribution < 1.29 is 9.32 Å². The third-order valence-corrected chi connectivity index (χ3v) is 6.19. The molecular weight excluding hydrogens is 448 g/mol. The van der Waals surface area contributed by atoms with Crippen molar-refractivity contribution in [2.75, 3.05) is 4.90 Å². The van der Waals surface area contributed by atoms with Crippen LogP contribution in [0, 0.1) is 0 Å². The normalized spacial score (nSPS) is 16.0. The molecule has 34 heavy (non-hydrogen) atoms. The molecule has 1 aliphatic heterocycles. The Morgan fingerprint density at radius 2 is 1.79 bits per heavy atom. The number of benzene rings is 3. The molecule has 0 saturated heterocycles. The van der Waals surface area contributed by atoms with E-state index in [4.69, 9.17) is 21.1 Å². The molecule has 2 amide bonds. The van der Waals surface area contributed by atoms with E-state index in [0.29, 0.717) is 22.4 Å². The average molecular weight is 471 g/mol. The highest BCUT2D eigenvalue weighted by atomic mass is 35.5. The van der Waals surface area contributed by atoms with E-state index in [0.717, 1.165) is 28.8 Å². The Bertz CT molecular complexity index is 1360. The lowest BCUT2D eigenvalue weighted by atomic mass is 9.94. The molecule has 1 atom stereocenters. The van der Waals surface area contributed by atoms with Crippen molar-refractivity contribution in [1.82, 2.24) is 15.5 Å². The first-order valence-corrected chi connectivity index (χ1v) is 11.5. The standard InChI is InChI=1S/C27H23ClN4O2/c1-3-18-12-14-19(15-13-18)25-30-26(34-31-25)23-17(2)32(22-10-5-4-6-11-22)27(33)29-24(23)20-8-7-9-21(28)16-20/h4-16,24H,3H2,1-2H3,(H,29,33). The highest BCUT2D eigenvalue weighted by molar-refractivity contribution is 6.30. The van der Waals surface area contributed by atoms with E-state index in [1.54, 1.807) is 11.0 Å². The highest BCUT2D eigenvalue weighted by Crippen LogP contribution is 2.39. The van der Waals surface area contributed by atoms with Crippen LogP contribution in [0.3, 0.4) is 0 Å². The number of para-hydroxylation sites is 1. The van der Waals surface area contributed by atoms with E-state index < -0.39 is 6.04 Å². The predicted molar refractivity (Wildman–Crippen MR) is 133 cm³/mol. The number of aromatic nitrogens is 2. The number of allylic oxidation sites excluding steroid dienone is 1. The molecule has 0 aliphatic carbocycles. The molecule has 0 fully saturated rings. The fourth-order valence-electron chi connectivity index (χ4n) is 4.18. The van der Waals surface area contributed by atoms with Gasteiger partial charge in [-0.05, 0) is 48.7 Å². The maximum absolute atomic E-state index is 13.2. The lowest BCUT2D eigenvalue weighted by molar-refractivity contribution is 0.244. The fraction of sp³-hybridized carbons (Fsp3) is 0.148. The van der Waals surface area contributed by atoms with Gasteiger partial charge in [0.25, 0.3) is 5.89 Å². The number of aryl methyl sites for hydroxylation is 1. The molecule has 2 heterocycles. The summed E-state index contributed by atoms with van der Waals surface area (Å²) >= 11 is 6.27. The van der Waals surface area contributed by atoms with E-state index in [9.17, 15) is 4.79 Å². The van der Waals surface area contributed by atoms with Gasteiger partial charge in [0.2, 0.25) is 5.82 Å². The van der Waals surface area contributed by atoms with Crippen molar-refractivity contribution in [1.29, 1.82) is 0 Å². The molecule has 1 aromatic heterocycles. The zero-order valence-electron chi connectivity index (χ0n) is 18.8. The summed E-state index contributed by atoms with van der Waals surface area (Å²) in [5.74, 6) is 0.837. The molecule has 0 radical (unpaired) electrons. The fourth-order valence-corrected chi connectivity index (χ4v) is 4.38. The molecule has 0 spiro atoms. The quantitative estimate of drug-likeness (QED) is 0.354. The third-order valence-electron chi connectivity index (χ3n) is 5.96. The summed E-state index contributed by atoms with van der Waals surface area (Å²) in [4.78, 5) is 19.6. The first-order valence-electron chi connectivity index (χ1n) is 11.1. The van der Waals surface area contributed by atoms with Crippen molar-refractivity contribution in [2.45, 2.75) is 26.3 Å². The van der Waals surface area contributed by atoms with Crippen molar-refractivity contribution in [3.05, 3.63) is 107 Å². The lowest BCUT2D eigenvalue weighted by Crippen LogP contribution is -2.46. The minimum absolute atomic E-state index is 0.243. The Kier molecular flexibility index (Phi) is 5.90. The van der Waals surface area contributed by atoms with Crippen LogP contribution in [-0.4, -0.2) is 16.2 Å². The second kappa shape index (κ2) is 9.15. The minimum Gasteiger partial charge on any atom is -0.334 e. The van der Waals surface area contributed by atoms with E-state index in [1.807, 2.05) is 67.6 Å². The van der Waals surface area contributed by atoms with Gasteiger partial charge in [0.15, 0.2) is 0 Å². The summed E-state index contributed by atoms with van der Waals surface area (Å²) in [5, 5.41) is 7.91. The van der Waals surface area contributed by atoms with Crippen LogP contribution in [0.5, 0.6) is 0 Å². The van der Waals surface area contributed by atoms with E-state index in [-0.39, 0.29) is 6.03 Å². The first-order chi connectivity index (χ1) is 16.5. The van der Waals surface area contributed by atoms with Crippen LogP contribution in [0.25, 0.3) is 17.0 Å². The average Bonchev–Trinajstić information content (AvgIpc) is 3.34. The van der Waals surface area contributed by atoms with Crippen molar-refractivity contribution >= 4 is 28.9 Å². The minimum atomic E-state index is -0.498. The van der Waals surface area contributed by atoms with E-state index >= 15 is 0 Å². The molecule has 0 saturated carbocycles. The number of amides is 2. The van der Waals surface area contributed by atoms with Gasteiger partial charge in [-0.15, -0.1) is 0 Å². The maximum atomic E-state index is 13.2. The highest BCUT2D eigenvalue weighted by Gasteiger charge is 2.36. The third kappa shape index (κ3) is 4.08. The number of hydrogen-bond donors (Lipinski definition) is 1. The number of nitrogens with zero attached hydrogens (tertiary/aromatic N) is 3. The molecule has 1 aliphatic rings. The molecule has 0 bridgehead atoms. The lowest BCUT2D eigenvalue weighted by Gasteiger charge is -2.35. The second-order valence-corrected chi connectivity index (χ2v) is 8.52. The molecule has 1 unspecified atom stereocenters. The van der Waals surface area contributed by atoms with Gasteiger partial charge in [-0.2, -0.15) is 4.98 Å². The van der Waals surface area contributed by atoms with Crippen LogP contribution in [-0.2, 0) is 6.42 Å². The SMILES string of the molecule is CCc1ccc(-c2noc(C3=C(C)N(c4ccccc4)C(=O)NC3c3cccc(Cl)c3)n2)cc1. The van der Waals surface area contributed by atoms with Gasteiger partial charge in [-0.3, -0.25) is 4.90 Å². The zero-order chi connectivity index (χ0) is 23.7. The van der Waals surface area contributed by atoms with Crippen LogP contribution < -0.4 is 10.2 Å². The van der Waals surface area contributed by atoms with Crippen LogP contribution >= 0.6 is 11.6 Å². The van der Waals surface area contributed by atoms with Crippen LogP contribution in [0.2, 0.25) is 5.02 Å². The molecule has 1 N–H and O–H groups in total. The van der Waals surface area contributed by atoms with Gasteiger partial charge in [-0.25, -0.2) is 4.79 Å². The number of carbonyl (C=O) groups excluding carboxylic acids is 1. The summed E-state index contributed by atoms with van der Waals surface area (Å²) in [6, 6.07) is 24.2. The van der Waals surface area contributed by atoms with Gasteiger partial charge in [0, 0.05) is 16.3 Å². The Hall–Kier alpha value is -3.90. The number of urea groups is 1. The topological polar surface area (TPSA) is 71.3 Å². The largest absolute Gasteiger partial charge is 0.334 e. The van der Waals surface area contributed by atoms with Gasteiger partial charge < -0.3 is 9.84 Å².